The van der Waals surface area contributed by atoms with Crippen LogP contribution in [0.3, 0.4) is 0 Å². The molecular formula is C60H116O6. The molecule has 392 valence electrons. The van der Waals surface area contributed by atoms with Gasteiger partial charge in [-0.25, -0.2) is 0 Å². The zero-order valence-electron chi connectivity index (χ0n) is 45.5. The van der Waals surface area contributed by atoms with Crippen LogP contribution in [0, 0.1) is 17.8 Å². The van der Waals surface area contributed by atoms with E-state index in [2.05, 4.69) is 41.5 Å². The van der Waals surface area contributed by atoms with Gasteiger partial charge in [-0.15, -0.1) is 0 Å². The SMILES string of the molecule is CCC(C)CCCCCCCCCCCCCCCCC(=O)OC[C@@H](COC(=O)CCCCCCCCCCCC(C)C)OC(=O)CCCCCCCCCCCCCCCCC(C)CC. The van der Waals surface area contributed by atoms with Crippen LogP contribution in [0.2, 0.25) is 0 Å². The number of unbranched alkanes of at least 4 members (excludes halogenated alkanes) is 34. The van der Waals surface area contributed by atoms with E-state index in [-0.39, 0.29) is 31.1 Å². The maximum Gasteiger partial charge on any atom is 0.306 e. The van der Waals surface area contributed by atoms with Gasteiger partial charge in [-0.1, -0.05) is 292 Å². The van der Waals surface area contributed by atoms with Crippen LogP contribution in [0.15, 0.2) is 0 Å². The molecule has 2 unspecified atom stereocenters. The molecule has 0 fully saturated rings. The summed E-state index contributed by atoms with van der Waals surface area (Å²) in [5.74, 6) is 1.76. The molecule has 0 bridgehead atoms. The molecule has 3 atom stereocenters. The molecular weight excluding hydrogens is 817 g/mol. The Balaban J connectivity index is 4.29. The molecule has 0 N–H and O–H groups in total. The fourth-order valence-corrected chi connectivity index (χ4v) is 9.11. The first kappa shape index (κ1) is 64.4. The van der Waals surface area contributed by atoms with Crippen molar-refractivity contribution in [2.45, 2.75) is 337 Å². The second-order valence-corrected chi connectivity index (χ2v) is 21.6. The second kappa shape index (κ2) is 51.3. The first-order valence-electron chi connectivity index (χ1n) is 29.7. The van der Waals surface area contributed by atoms with E-state index in [0.717, 1.165) is 75.5 Å². The van der Waals surface area contributed by atoms with Crippen molar-refractivity contribution in [1.29, 1.82) is 0 Å². The number of carbonyl (C=O) groups excluding carboxylic acids is 3. The molecule has 0 rings (SSSR count). The minimum atomic E-state index is -0.764. The van der Waals surface area contributed by atoms with Gasteiger partial charge >= 0.3 is 17.9 Å². The molecule has 0 aromatic heterocycles. The first-order chi connectivity index (χ1) is 32.2. The molecule has 0 spiro atoms. The summed E-state index contributed by atoms with van der Waals surface area (Å²) in [4.78, 5) is 38.2. The lowest BCUT2D eigenvalue weighted by Gasteiger charge is -2.18. The average molecular weight is 934 g/mol. The van der Waals surface area contributed by atoms with E-state index in [9.17, 15) is 14.4 Å². The van der Waals surface area contributed by atoms with Crippen LogP contribution in [0.4, 0.5) is 0 Å². The largest absolute Gasteiger partial charge is 0.462 e. The number of rotatable bonds is 53. The highest BCUT2D eigenvalue weighted by Crippen LogP contribution is 2.19. The summed E-state index contributed by atoms with van der Waals surface area (Å²) in [6.07, 6.45) is 53.7. The Morgan fingerprint density at radius 2 is 0.530 bits per heavy atom. The number of hydrogen-bond donors (Lipinski definition) is 0. The zero-order valence-corrected chi connectivity index (χ0v) is 45.5. The lowest BCUT2D eigenvalue weighted by atomic mass is 9.99. The van der Waals surface area contributed by atoms with E-state index < -0.39 is 6.10 Å². The number of carbonyl (C=O) groups is 3. The van der Waals surface area contributed by atoms with Crippen molar-refractivity contribution in [3.05, 3.63) is 0 Å². The maximum absolute atomic E-state index is 12.9. The Morgan fingerprint density at radius 1 is 0.303 bits per heavy atom. The summed E-state index contributed by atoms with van der Waals surface area (Å²) < 4.78 is 16.9. The third-order valence-corrected chi connectivity index (χ3v) is 14.4. The standard InChI is InChI=1S/C60H116O6/c1-7-55(5)47-41-35-29-23-17-13-9-11-15-19-25-31-37-43-49-58(61)64-52-57(53-65-59(62)50-44-38-32-27-21-22-28-34-40-46-54(3)4)66-60(63)51-45-39-33-26-20-16-12-10-14-18-24-30-36-42-48-56(6)8-2/h54-57H,7-53H2,1-6H3/t55?,56?,57-/m0/s1. The predicted octanol–water partition coefficient (Wildman–Crippen LogP) is 19.5. The average Bonchev–Trinajstić information content (AvgIpc) is 3.30. The Hall–Kier alpha value is -1.59. The van der Waals surface area contributed by atoms with Crippen LogP contribution in [-0.4, -0.2) is 37.2 Å². The smallest absolute Gasteiger partial charge is 0.306 e. The molecule has 0 saturated heterocycles. The Morgan fingerprint density at radius 3 is 0.788 bits per heavy atom. The minimum Gasteiger partial charge on any atom is -0.462 e. The van der Waals surface area contributed by atoms with Crippen LogP contribution in [-0.2, 0) is 28.6 Å². The van der Waals surface area contributed by atoms with Gasteiger partial charge < -0.3 is 14.2 Å². The Labute approximate surface area is 412 Å². The molecule has 0 aliphatic heterocycles. The quantitative estimate of drug-likeness (QED) is 0.0343. The third kappa shape index (κ3) is 50.3. The summed E-state index contributed by atoms with van der Waals surface area (Å²) in [5.41, 5.74) is 0. The molecule has 0 aromatic rings. The van der Waals surface area contributed by atoms with Gasteiger partial charge in [-0.3, -0.25) is 14.4 Å². The lowest BCUT2D eigenvalue weighted by Crippen LogP contribution is -2.30. The molecule has 0 radical (unpaired) electrons. The summed E-state index contributed by atoms with van der Waals surface area (Å²) in [7, 11) is 0. The monoisotopic (exact) mass is 933 g/mol. The Kier molecular flexibility index (Phi) is 50.0. The van der Waals surface area contributed by atoms with Crippen molar-refractivity contribution < 1.29 is 28.6 Å². The zero-order chi connectivity index (χ0) is 48.4. The molecule has 6 heteroatoms. The normalized spacial score (nSPS) is 13.0. The van der Waals surface area contributed by atoms with Gasteiger partial charge in [0.1, 0.15) is 13.2 Å². The number of esters is 3. The van der Waals surface area contributed by atoms with Gasteiger partial charge in [0.15, 0.2) is 6.10 Å². The second-order valence-electron chi connectivity index (χ2n) is 21.6. The fraction of sp³-hybridized carbons (Fsp3) is 0.950. The highest BCUT2D eigenvalue weighted by molar-refractivity contribution is 5.71. The molecule has 0 aromatic carbocycles. The lowest BCUT2D eigenvalue weighted by molar-refractivity contribution is -0.167. The van der Waals surface area contributed by atoms with Crippen LogP contribution < -0.4 is 0 Å². The fourth-order valence-electron chi connectivity index (χ4n) is 9.11. The van der Waals surface area contributed by atoms with Gasteiger partial charge in [0.25, 0.3) is 0 Å². The van der Waals surface area contributed by atoms with E-state index >= 15 is 0 Å². The molecule has 0 saturated carbocycles. The maximum atomic E-state index is 12.9. The number of ether oxygens (including phenoxy) is 3. The topological polar surface area (TPSA) is 78.9 Å². The number of hydrogen-bond acceptors (Lipinski definition) is 6. The third-order valence-electron chi connectivity index (χ3n) is 14.4. The van der Waals surface area contributed by atoms with Crippen molar-refractivity contribution in [2.24, 2.45) is 17.8 Å². The highest BCUT2D eigenvalue weighted by atomic mass is 16.6. The van der Waals surface area contributed by atoms with Crippen molar-refractivity contribution in [3.63, 3.8) is 0 Å². The van der Waals surface area contributed by atoms with Crippen LogP contribution in [0.5, 0.6) is 0 Å². The van der Waals surface area contributed by atoms with Gasteiger partial charge in [0.2, 0.25) is 0 Å². The van der Waals surface area contributed by atoms with E-state index in [0.29, 0.717) is 19.3 Å². The molecule has 0 aliphatic carbocycles. The van der Waals surface area contributed by atoms with Gasteiger partial charge in [-0.05, 0) is 37.0 Å². The summed E-state index contributed by atoms with van der Waals surface area (Å²) >= 11 is 0. The highest BCUT2D eigenvalue weighted by Gasteiger charge is 2.19. The molecule has 0 aliphatic rings. The van der Waals surface area contributed by atoms with Crippen molar-refractivity contribution in [3.8, 4) is 0 Å². The summed E-state index contributed by atoms with van der Waals surface area (Å²) in [6.45, 7) is 13.8. The van der Waals surface area contributed by atoms with Crippen molar-refractivity contribution >= 4 is 17.9 Å². The molecule has 66 heavy (non-hydrogen) atoms. The van der Waals surface area contributed by atoms with Gasteiger partial charge in [-0.2, -0.15) is 0 Å². The van der Waals surface area contributed by atoms with E-state index in [1.165, 1.54) is 212 Å². The first-order valence-corrected chi connectivity index (χ1v) is 29.7. The molecule has 0 heterocycles. The van der Waals surface area contributed by atoms with Crippen LogP contribution in [0.1, 0.15) is 330 Å². The summed E-state index contributed by atoms with van der Waals surface area (Å²) in [5, 5.41) is 0. The minimum absolute atomic E-state index is 0.0635. The Bertz CT molecular complexity index is 1030. The summed E-state index contributed by atoms with van der Waals surface area (Å²) in [6, 6.07) is 0. The van der Waals surface area contributed by atoms with Crippen LogP contribution >= 0.6 is 0 Å². The van der Waals surface area contributed by atoms with Gasteiger partial charge in [0.05, 0.1) is 0 Å². The predicted molar refractivity (Wildman–Crippen MR) is 284 cm³/mol. The molecule has 6 nitrogen and oxygen atoms in total. The van der Waals surface area contributed by atoms with Crippen molar-refractivity contribution in [1.82, 2.24) is 0 Å². The molecule has 0 amide bonds. The van der Waals surface area contributed by atoms with E-state index in [1.54, 1.807) is 0 Å². The van der Waals surface area contributed by atoms with E-state index in [1.807, 2.05) is 0 Å². The van der Waals surface area contributed by atoms with E-state index in [4.69, 9.17) is 14.2 Å². The van der Waals surface area contributed by atoms with Gasteiger partial charge in [0, 0.05) is 19.3 Å². The van der Waals surface area contributed by atoms with Crippen molar-refractivity contribution in [2.75, 3.05) is 13.2 Å². The van der Waals surface area contributed by atoms with Crippen LogP contribution in [0.25, 0.3) is 0 Å².